The number of aryl methyl sites for hydroxylation is 2. The summed E-state index contributed by atoms with van der Waals surface area (Å²) in [5, 5.41) is 21.7. The maximum atomic E-state index is 11.4. The number of rotatable bonds is 5. The van der Waals surface area contributed by atoms with E-state index in [9.17, 15) is 10.1 Å². The van der Waals surface area contributed by atoms with Gasteiger partial charge in [0.15, 0.2) is 0 Å². The van der Waals surface area contributed by atoms with Gasteiger partial charge in [0.2, 0.25) is 5.13 Å². The molecular formula is C26H21ClN4O2S. The molecule has 0 spiro atoms. The van der Waals surface area contributed by atoms with E-state index in [2.05, 4.69) is 32.0 Å². The SMILES string of the molecule is Cc1ccc(C)c(C2=NN(c3nc(-c4ccc(Cl)cc4)cs3)[C@H](c3cccc([N+](=O)[O-])c3)C2)c1. The van der Waals surface area contributed by atoms with Gasteiger partial charge in [-0.05, 0) is 43.2 Å². The number of anilines is 1. The van der Waals surface area contributed by atoms with Crippen molar-refractivity contribution in [3.8, 4) is 11.3 Å². The van der Waals surface area contributed by atoms with Gasteiger partial charge in [-0.15, -0.1) is 11.3 Å². The van der Waals surface area contributed by atoms with Gasteiger partial charge in [-0.1, -0.05) is 53.6 Å². The van der Waals surface area contributed by atoms with Crippen molar-refractivity contribution in [2.75, 3.05) is 5.01 Å². The molecule has 170 valence electrons. The van der Waals surface area contributed by atoms with Crippen LogP contribution in [-0.4, -0.2) is 15.6 Å². The van der Waals surface area contributed by atoms with E-state index in [1.807, 2.05) is 40.7 Å². The molecule has 1 atom stereocenters. The summed E-state index contributed by atoms with van der Waals surface area (Å²) in [6.07, 6.45) is 0.626. The Labute approximate surface area is 206 Å². The Morgan fingerprint density at radius 1 is 1.09 bits per heavy atom. The summed E-state index contributed by atoms with van der Waals surface area (Å²) in [5.74, 6) is 0. The van der Waals surface area contributed by atoms with Gasteiger partial charge in [0.1, 0.15) is 0 Å². The Bertz CT molecular complexity index is 1410. The third kappa shape index (κ3) is 4.32. The molecule has 1 aliphatic rings. The van der Waals surface area contributed by atoms with Crippen LogP contribution >= 0.6 is 22.9 Å². The highest BCUT2D eigenvalue weighted by molar-refractivity contribution is 7.14. The first-order valence-electron chi connectivity index (χ1n) is 10.8. The molecule has 2 heterocycles. The zero-order valence-electron chi connectivity index (χ0n) is 18.6. The van der Waals surface area contributed by atoms with Crippen LogP contribution in [0.5, 0.6) is 0 Å². The summed E-state index contributed by atoms with van der Waals surface area (Å²) >= 11 is 7.54. The lowest BCUT2D eigenvalue weighted by Crippen LogP contribution is -2.18. The van der Waals surface area contributed by atoms with Crippen LogP contribution < -0.4 is 5.01 Å². The zero-order valence-corrected chi connectivity index (χ0v) is 20.2. The fourth-order valence-electron chi connectivity index (χ4n) is 4.12. The number of nitrogens with zero attached hydrogens (tertiary/aromatic N) is 4. The molecular weight excluding hydrogens is 468 g/mol. The second-order valence-electron chi connectivity index (χ2n) is 8.30. The number of nitro benzene ring substituents is 1. The van der Waals surface area contributed by atoms with E-state index in [1.165, 1.54) is 17.4 Å². The molecule has 0 unspecified atom stereocenters. The minimum Gasteiger partial charge on any atom is -0.258 e. The van der Waals surface area contributed by atoms with Crippen LogP contribution in [-0.2, 0) is 0 Å². The third-order valence-electron chi connectivity index (χ3n) is 5.91. The molecule has 0 N–H and O–H groups in total. The zero-order chi connectivity index (χ0) is 23.8. The summed E-state index contributed by atoms with van der Waals surface area (Å²) in [5.41, 5.74) is 7.05. The Kier molecular flexibility index (Phi) is 5.89. The molecule has 0 bridgehead atoms. The average molecular weight is 489 g/mol. The molecule has 0 saturated heterocycles. The number of thiazole rings is 1. The lowest BCUT2D eigenvalue weighted by molar-refractivity contribution is -0.384. The Morgan fingerprint density at radius 2 is 1.88 bits per heavy atom. The second-order valence-corrected chi connectivity index (χ2v) is 9.58. The standard InChI is InChI=1S/C26H21ClN4O2S/c1-16-6-7-17(2)22(12-16)23-14-25(19-4-3-5-21(13-19)31(32)33)30(29-23)26-28-24(15-34-26)18-8-10-20(27)11-9-18/h3-13,15,25H,14H2,1-2H3/t25-/m0/s1. The van der Waals surface area contributed by atoms with Crippen LogP contribution in [0, 0.1) is 24.0 Å². The van der Waals surface area contributed by atoms with E-state index in [0.29, 0.717) is 11.4 Å². The fraction of sp³-hybridized carbons (Fsp3) is 0.154. The lowest BCUT2D eigenvalue weighted by Gasteiger charge is -2.21. The molecule has 34 heavy (non-hydrogen) atoms. The number of non-ortho nitro benzene ring substituents is 1. The molecule has 5 rings (SSSR count). The number of hydrazone groups is 1. The van der Waals surface area contributed by atoms with Gasteiger partial charge in [-0.3, -0.25) is 10.1 Å². The van der Waals surface area contributed by atoms with Crippen LogP contribution in [0.3, 0.4) is 0 Å². The third-order valence-corrected chi connectivity index (χ3v) is 6.99. The van der Waals surface area contributed by atoms with Crippen molar-refractivity contribution in [2.45, 2.75) is 26.3 Å². The Morgan fingerprint density at radius 3 is 2.65 bits per heavy atom. The van der Waals surface area contributed by atoms with E-state index in [0.717, 1.165) is 44.4 Å². The van der Waals surface area contributed by atoms with Crippen molar-refractivity contribution in [1.82, 2.24) is 4.98 Å². The predicted molar refractivity (Wildman–Crippen MR) is 138 cm³/mol. The van der Waals surface area contributed by atoms with Gasteiger partial charge in [-0.25, -0.2) is 9.99 Å². The first kappa shape index (κ1) is 22.3. The maximum Gasteiger partial charge on any atom is 0.269 e. The van der Waals surface area contributed by atoms with Crippen LogP contribution in [0.25, 0.3) is 11.3 Å². The van der Waals surface area contributed by atoms with Gasteiger partial charge < -0.3 is 0 Å². The summed E-state index contributed by atoms with van der Waals surface area (Å²) in [4.78, 5) is 15.9. The van der Waals surface area contributed by atoms with E-state index < -0.39 is 0 Å². The van der Waals surface area contributed by atoms with Crippen molar-refractivity contribution in [3.05, 3.63) is 110 Å². The van der Waals surface area contributed by atoms with Crippen LogP contribution in [0.2, 0.25) is 5.02 Å². The fourth-order valence-corrected chi connectivity index (χ4v) is 5.08. The lowest BCUT2D eigenvalue weighted by atomic mass is 9.95. The molecule has 8 heteroatoms. The van der Waals surface area contributed by atoms with Crippen molar-refractivity contribution in [2.24, 2.45) is 5.10 Å². The highest BCUT2D eigenvalue weighted by Crippen LogP contribution is 2.40. The largest absolute Gasteiger partial charge is 0.269 e. The quantitative estimate of drug-likeness (QED) is 0.217. The summed E-state index contributed by atoms with van der Waals surface area (Å²) in [6.45, 7) is 4.14. The minimum atomic E-state index is -0.364. The number of nitro groups is 1. The first-order valence-corrected chi connectivity index (χ1v) is 12.0. The molecule has 4 aromatic rings. The number of hydrogen-bond donors (Lipinski definition) is 0. The molecule has 6 nitrogen and oxygen atoms in total. The van der Waals surface area contributed by atoms with Gasteiger partial charge >= 0.3 is 0 Å². The van der Waals surface area contributed by atoms with Gasteiger partial charge in [0.05, 0.1) is 22.4 Å². The monoisotopic (exact) mass is 488 g/mol. The van der Waals surface area contributed by atoms with Gasteiger partial charge in [0.25, 0.3) is 5.69 Å². The molecule has 1 aromatic heterocycles. The van der Waals surface area contributed by atoms with E-state index in [4.69, 9.17) is 21.7 Å². The Balaban J connectivity index is 1.57. The predicted octanol–water partition coefficient (Wildman–Crippen LogP) is 7.34. The van der Waals surface area contributed by atoms with E-state index in [1.54, 1.807) is 12.1 Å². The molecule has 0 radical (unpaired) electrons. The smallest absolute Gasteiger partial charge is 0.258 e. The van der Waals surface area contributed by atoms with E-state index in [-0.39, 0.29) is 16.7 Å². The van der Waals surface area contributed by atoms with E-state index >= 15 is 0 Å². The molecule has 0 saturated carbocycles. The van der Waals surface area contributed by atoms with Crippen molar-refractivity contribution in [1.29, 1.82) is 0 Å². The first-order chi connectivity index (χ1) is 16.4. The van der Waals surface area contributed by atoms with Gasteiger partial charge in [0, 0.05) is 40.1 Å². The number of benzene rings is 3. The van der Waals surface area contributed by atoms with Crippen LogP contribution in [0.4, 0.5) is 10.8 Å². The van der Waals surface area contributed by atoms with Crippen molar-refractivity contribution >= 4 is 39.5 Å². The molecule has 3 aromatic carbocycles. The number of aromatic nitrogens is 1. The number of hydrogen-bond acceptors (Lipinski definition) is 6. The topological polar surface area (TPSA) is 71.6 Å². The summed E-state index contributed by atoms with van der Waals surface area (Å²) < 4.78 is 0. The molecule has 0 fully saturated rings. The molecule has 0 aliphatic carbocycles. The average Bonchev–Trinajstić information content (AvgIpc) is 3.49. The van der Waals surface area contributed by atoms with Crippen molar-refractivity contribution in [3.63, 3.8) is 0 Å². The van der Waals surface area contributed by atoms with Crippen LogP contribution in [0.15, 0.2) is 77.2 Å². The van der Waals surface area contributed by atoms with Crippen LogP contribution in [0.1, 0.15) is 34.7 Å². The van der Waals surface area contributed by atoms with Crippen molar-refractivity contribution < 1.29 is 4.92 Å². The summed E-state index contributed by atoms with van der Waals surface area (Å²) in [6, 6.07) is 20.5. The van der Waals surface area contributed by atoms with Gasteiger partial charge in [-0.2, -0.15) is 5.10 Å². The minimum absolute atomic E-state index is 0.0682. The maximum absolute atomic E-state index is 11.4. The molecule has 1 aliphatic heterocycles. The normalized spacial score (nSPS) is 15.4. The molecule has 0 amide bonds. The highest BCUT2D eigenvalue weighted by Gasteiger charge is 2.33. The highest BCUT2D eigenvalue weighted by atomic mass is 35.5. The summed E-state index contributed by atoms with van der Waals surface area (Å²) in [7, 11) is 0. The number of halogens is 1. The Hall–Kier alpha value is -3.55. The second kappa shape index (κ2) is 9.00.